The molecule has 18 heavy (non-hydrogen) atoms. The zero-order valence-corrected chi connectivity index (χ0v) is 12.1. The van der Waals surface area contributed by atoms with Crippen LogP contribution < -0.4 is 4.74 Å². The van der Waals surface area contributed by atoms with Crippen LogP contribution in [0.3, 0.4) is 0 Å². The maximum absolute atomic E-state index is 13.4. The summed E-state index contributed by atoms with van der Waals surface area (Å²) in [4.78, 5) is 0. The molecule has 4 heteroatoms. The highest BCUT2D eigenvalue weighted by atomic mass is 79.9. The SMILES string of the molecule is Cc1ccc(CCl)cc1Oc1ccc(Br)c(F)c1. The van der Waals surface area contributed by atoms with Gasteiger partial charge in [0.1, 0.15) is 17.3 Å². The van der Waals surface area contributed by atoms with Crippen LogP contribution in [0.1, 0.15) is 11.1 Å². The first-order valence-electron chi connectivity index (χ1n) is 5.38. The molecule has 0 spiro atoms. The molecule has 0 aromatic heterocycles. The number of rotatable bonds is 3. The quantitative estimate of drug-likeness (QED) is 0.682. The van der Waals surface area contributed by atoms with Gasteiger partial charge in [-0.1, -0.05) is 12.1 Å². The van der Waals surface area contributed by atoms with Crippen LogP contribution >= 0.6 is 27.5 Å². The predicted molar refractivity (Wildman–Crippen MR) is 74.9 cm³/mol. The van der Waals surface area contributed by atoms with Crippen LogP contribution in [0, 0.1) is 12.7 Å². The first-order chi connectivity index (χ1) is 8.60. The fraction of sp³-hybridized carbons (Fsp3) is 0.143. The van der Waals surface area contributed by atoms with Gasteiger partial charge in [0, 0.05) is 11.9 Å². The Hall–Kier alpha value is -1.06. The molecule has 0 aliphatic rings. The fourth-order valence-corrected chi connectivity index (χ4v) is 1.92. The number of ether oxygens (including phenoxy) is 1. The minimum Gasteiger partial charge on any atom is -0.457 e. The highest BCUT2D eigenvalue weighted by Crippen LogP contribution is 2.29. The average molecular weight is 330 g/mol. The van der Waals surface area contributed by atoms with Gasteiger partial charge in [-0.05, 0) is 52.2 Å². The van der Waals surface area contributed by atoms with E-state index >= 15 is 0 Å². The first kappa shape index (κ1) is 13.4. The van der Waals surface area contributed by atoms with Crippen molar-refractivity contribution in [3.05, 3.63) is 57.8 Å². The van der Waals surface area contributed by atoms with E-state index in [-0.39, 0.29) is 5.82 Å². The lowest BCUT2D eigenvalue weighted by atomic mass is 10.1. The number of alkyl halides is 1. The van der Waals surface area contributed by atoms with E-state index in [4.69, 9.17) is 16.3 Å². The molecule has 2 aromatic carbocycles. The minimum atomic E-state index is -0.348. The summed E-state index contributed by atoms with van der Waals surface area (Å²) in [5.41, 5.74) is 1.95. The van der Waals surface area contributed by atoms with Crippen molar-refractivity contribution in [2.75, 3.05) is 0 Å². The fourth-order valence-electron chi connectivity index (χ4n) is 1.50. The lowest BCUT2D eigenvalue weighted by Gasteiger charge is -2.10. The van der Waals surface area contributed by atoms with Crippen molar-refractivity contribution in [1.82, 2.24) is 0 Å². The summed E-state index contributed by atoms with van der Waals surface area (Å²) in [5, 5.41) is 0. The largest absolute Gasteiger partial charge is 0.457 e. The zero-order valence-electron chi connectivity index (χ0n) is 9.71. The average Bonchev–Trinajstić information content (AvgIpc) is 2.36. The molecule has 94 valence electrons. The molecule has 0 aliphatic heterocycles. The van der Waals surface area contributed by atoms with E-state index in [1.165, 1.54) is 6.07 Å². The summed E-state index contributed by atoms with van der Waals surface area (Å²) >= 11 is 8.88. The van der Waals surface area contributed by atoms with Gasteiger partial charge in [0.25, 0.3) is 0 Å². The van der Waals surface area contributed by atoms with Gasteiger partial charge in [-0.2, -0.15) is 0 Å². The van der Waals surface area contributed by atoms with Crippen LogP contribution in [-0.2, 0) is 5.88 Å². The van der Waals surface area contributed by atoms with Crippen LogP contribution in [0.4, 0.5) is 4.39 Å². The van der Waals surface area contributed by atoms with Gasteiger partial charge in [-0.15, -0.1) is 11.6 Å². The van der Waals surface area contributed by atoms with Gasteiger partial charge in [0.05, 0.1) is 4.47 Å². The van der Waals surface area contributed by atoms with E-state index in [9.17, 15) is 4.39 Å². The molecule has 0 radical (unpaired) electrons. The maximum atomic E-state index is 13.4. The third-order valence-corrected chi connectivity index (χ3v) is 3.48. The van der Waals surface area contributed by atoms with Crippen LogP contribution in [0.15, 0.2) is 40.9 Å². The second-order valence-electron chi connectivity index (χ2n) is 3.91. The molecule has 0 fully saturated rings. The molecule has 0 amide bonds. The molecule has 0 heterocycles. The molecular weight excluding hydrogens is 319 g/mol. The van der Waals surface area contributed by atoms with Crippen LogP contribution in [0.2, 0.25) is 0 Å². The van der Waals surface area contributed by atoms with Crippen LogP contribution in [0.5, 0.6) is 11.5 Å². The van der Waals surface area contributed by atoms with Gasteiger partial charge < -0.3 is 4.74 Å². The smallest absolute Gasteiger partial charge is 0.141 e. The zero-order chi connectivity index (χ0) is 13.1. The maximum Gasteiger partial charge on any atom is 0.141 e. The Bertz CT molecular complexity index is 572. The van der Waals surface area contributed by atoms with Crippen molar-refractivity contribution in [2.24, 2.45) is 0 Å². The van der Waals surface area contributed by atoms with E-state index < -0.39 is 0 Å². The molecule has 2 rings (SSSR count). The van der Waals surface area contributed by atoms with Crippen LogP contribution in [0.25, 0.3) is 0 Å². The van der Waals surface area contributed by atoms with E-state index in [1.54, 1.807) is 12.1 Å². The molecule has 0 atom stereocenters. The summed E-state index contributed by atoms with van der Waals surface area (Å²) in [5.74, 6) is 1.23. The number of hydrogen-bond acceptors (Lipinski definition) is 1. The van der Waals surface area contributed by atoms with Gasteiger partial charge in [0.15, 0.2) is 0 Å². The third kappa shape index (κ3) is 3.03. The number of aryl methyl sites for hydroxylation is 1. The molecule has 0 saturated heterocycles. The Kier molecular flexibility index (Phi) is 4.25. The molecule has 0 aliphatic carbocycles. The standard InChI is InChI=1S/C14H11BrClFO/c1-9-2-3-10(8-16)6-14(9)18-11-4-5-12(15)13(17)7-11/h2-7H,8H2,1H3. The molecule has 1 nitrogen and oxygen atoms in total. The molecule has 2 aromatic rings. The number of halogens is 3. The predicted octanol–water partition coefficient (Wildman–Crippen LogP) is 5.43. The van der Waals surface area contributed by atoms with Crippen LogP contribution in [-0.4, -0.2) is 0 Å². The second-order valence-corrected chi connectivity index (χ2v) is 5.03. The minimum absolute atomic E-state index is 0.348. The highest BCUT2D eigenvalue weighted by Gasteiger charge is 2.06. The van der Waals surface area contributed by atoms with Crippen molar-refractivity contribution >= 4 is 27.5 Å². The van der Waals surface area contributed by atoms with Crippen molar-refractivity contribution in [3.8, 4) is 11.5 Å². The summed E-state index contributed by atoms with van der Waals surface area (Å²) < 4.78 is 19.5. The molecule has 0 saturated carbocycles. The molecule has 0 unspecified atom stereocenters. The Balaban J connectivity index is 2.30. The lowest BCUT2D eigenvalue weighted by molar-refractivity contribution is 0.472. The Morgan fingerprint density at radius 2 is 2.00 bits per heavy atom. The topological polar surface area (TPSA) is 9.23 Å². The molecule has 0 bridgehead atoms. The van der Waals surface area contributed by atoms with E-state index in [0.29, 0.717) is 21.9 Å². The van der Waals surface area contributed by atoms with Crippen molar-refractivity contribution < 1.29 is 9.13 Å². The van der Waals surface area contributed by atoms with Gasteiger partial charge in [-0.3, -0.25) is 0 Å². The Morgan fingerprint density at radius 3 is 2.67 bits per heavy atom. The third-order valence-electron chi connectivity index (χ3n) is 2.53. The summed E-state index contributed by atoms with van der Waals surface area (Å²) in [7, 11) is 0. The Labute approximate surface area is 119 Å². The van der Waals surface area contributed by atoms with E-state index in [2.05, 4.69) is 15.9 Å². The van der Waals surface area contributed by atoms with E-state index in [1.807, 2.05) is 25.1 Å². The van der Waals surface area contributed by atoms with Gasteiger partial charge in [-0.25, -0.2) is 4.39 Å². The number of benzene rings is 2. The summed E-state index contributed by atoms with van der Waals surface area (Å²) in [6, 6.07) is 10.4. The number of hydrogen-bond donors (Lipinski definition) is 0. The van der Waals surface area contributed by atoms with Gasteiger partial charge in [0.2, 0.25) is 0 Å². The molecular formula is C14H11BrClFO. The van der Waals surface area contributed by atoms with Crippen molar-refractivity contribution in [2.45, 2.75) is 12.8 Å². The highest BCUT2D eigenvalue weighted by molar-refractivity contribution is 9.10. The van der Waals surface area contributed by atoms with Crippen molar-refractivity contribution in [1.29, 1.82) is 0 Å². The summed E-state index contributed by atoms with van der Waals surface area (Å²) in [6.45, 7) is 1.93. The monoisotopic (exact) mass is 328 g/mol. The van der Waals surface area contributed by atoms with Gasteiger partial charge >= 0.3 is 0 Å². The second kappa shape index (κ2) is 5.72. The Morgan fingerprint density at radius 1 is 1.22 bits per heavy atom. The summed E-state index contributed by atoms with van der Waals surface area (Å²) in [6.07, 6.45) is 0. The van der Waals surface area contributed by atoms with E-state index in [0.717, 1.165) is 11.1 Å². The van der Waals surface area contributed by atoms with Crippen molar-refractivity contribution in [3.63, 3.8) is 0 Å². The molecule has 0 N–H and O–H groups in total. The first-order valence-corrected chi connectivity index (χ1v) is 6.71. The lowest BCUT2D eigenvalue weighted by Crippen LogP contribution is -1.90. The normalized spacial score (nSPS) is 10.4.